The fourth-order valence-corrected chi connectivity index (χ4v) is 2.13. The molecule has 2 aromatic rings. The van der Waals surface area contributed by atoms with E-state index in [2.05, 4.69) is 44.0 Å². The first kappa shape index (κ1) is 19.3. The third kappa shape index (κ3) is 6.09. The van der Waals surface area contributed by atoms with Gasteiger partial charge in [-0.15, -0.1) is 24.0 Å². The lowest BCUT2D eigenvalue weighted by Gasteiger charge is -2.12. The molecule has 7 heteroatoms. The van der Waals surface area contributed by atoms with Crippen molar-refractivity contribution in [1.29, 1.82) is 0 Å². The Morgan fingerprint density at radius 2 is 2.13 bits per heavy atom. The van der Waals surface area contributed by atoms with Crippen LogP contribution in [0.25, 0.3) is 0 Å². The summed E-state index contributed by atoms with van der Waals surface area (Å²) in [4.78, 5) is 4.20. The Balaban J connectivity index is 0.00000264. The number of hydrogen-bond acceptors (Lipinski definition) is 3. The highest BCUT2D eigenvalue weighted by atomic mass is 127. The maximum atomic E-state index is 5.35. The fourth-order valence-electron chi connectivity index (χ4n) is 2.13. The smallest absolute Gasteiger partial charge is 0.191 e. The summed E-state index contributed by atoms with van der Waals surface area (Å²) in [6.45, 7) is 3.51. The quantitative estimate of drug-likeness (QED) is 0.374. The van der Waals surface area contributed by atoms with Gasteiger partial charge in [-0.2, -0.15) is 5.10 Å². The van der Waals surface area contributed by atoms with Gasteiger partial charge in [-0.3, -0.25) is 10.1 Å². The van der Waals surface area contributed by atoms with E-state index < -0.39 is 0 Å². The van der Waals surface area contributed by atoms with E-state index in [0.717, 1.165) is 35.9 Å². The third-order valence-corrected chi connectivity index (χ3v) is 3.41. The molecule has 2 rings (SSSR count). The molecule has 0 aliphatic rings. The van der Waals surface area contributed by atoms with Crippen LogP contribution < -0.4 is 15.4 Å². The normalized spacial score (nSPS) is 10.8. The van der Waals surface area contributed by atoms with Gasteiger partial charge in [0.2, 0.25) is 0 Å². The lowest BCUT2D eigenvalue weighted by Crippen LogP contribution is -2.37. The molecule has 0 saturated heterocycles. The van der Waals surface area contributed by atoms with E-state index in [-0.39, 0.29) is 24.0 Å². The van der Waals surface area contributed by atoms with Crippen LogP contribution in [0, 0.1) is 6.92 Å². The average Bonchev–Trinajstić information content (AvgIpc) is 3.05. The average molecular weight is 429 g/mol. The summed E-state index contributed by atoms with van der Waals surface area (Å²) < 4.78 is 5.35. The highest BCUT2D eigenvalue weighted by molar-refractivity contribution is 14.0. The Kier molecular flexibility index (Phi) is 8.46. The second-order valence-corrected chi connectivity index (χ2v) is 4.99. The topological polar surface area (TPSA) is 74.3 Å². The minimum atomic E-state index is 0. The number of aryl methyl sites for hydroxylation is 1. The molecular weight excluding hydrogens is 405 g/mol. The number of aromatic amines is 1. The third-order valence-electron chi connectivity index (χ3n) is 3.41. The molecule has 1 heterocycles. The number of guanidine groups is 1. The molecule has 0 aliphatic carbocycles. The van der Waals surface area contributed by atoms with Crippen LogP contribution >= 0.6 is 24.0 Å². The van der Waals surface area contributed by atoms with Crippen molar-refractivity contribution in [3.63, 3.8) is 0 Å². The standard InChI is InChI=1S/C16H23N5O.HI/c1-12-4-5-13(10-15(12)22-3)6-8-18-16(17-2)19-11-14-7-9-20-21-14;/h4-5,7,9-10H,6,8,11H2,1-3H3,(H,20,21)(H2,17,18,19);1H. The van der Waals surface area contributed by atoms with Crippen LogP contribution in [-0.2, 0) is 13.0 Å². The molecule has 0 bridgehead atoms. The lowest BCUT2D eigenvalue weighted by molar-refractivity contribution is 0.411. The Labute approximate surface area is 154 Å². The molecule has 3 N–H and O–H groups in total. The number of aliphatic imine (C=N–C) groups is 1. The van der Waals surface area contributed by atoms with Gasteiger partial charge < -0.3 is 15.4 Å². The number of aromatic nitrogens is 2. The minimum Gasteiger partial charge on any atom is -0.496 e. The zero-order chi connectivity index (χ0) is 15.8. The van der Waals surface area contributed by atoms with Crippen LogP contribution in [-0.4, -0.2) is 36.9 Å². The Morgan fingerprint density at radius 3 is 2.78 bits per heavy atom. The van der Waals surface area contributed by atoms with E-state index in [1.54, 1.807) is 20.4 Å². The first-order valence-corrected chi connectivity index (χ1v) is 7.29. The molecule has 1 aromatic heterocycles. The first-order chi connectivity index (χ1) is 10.7. The molecule has 126 valence electrons. The summed E-state index contributed by atoms with van der Waals surface area (Å²) in [5.74, 6) is 1.70. The predicted molar refractivity (Wildman–Crippen MR) is 104 cm³/mol. The fraction of sp³-hybridized carbons (Fsp3) is 0.375. The van der Waals surface area contributed by atoms with Crippen molar-refractivity contribution in [2.24, 2.45) is 4.99 Å². The molecule has 0 aliphatic heterocycles. The van der Waals surface area contributed by atoms with Crippen molar-refractivity contribution in [3.05, 3.63) is 47.3 Å². The van der Waals surface area contributed by atoms with Crippen LogP contribution in [0.5, 0.6) is 5.75 Å². The lowest BCUT2D eigenvalue weighted by atomic mass is 10.1. The number of ether oxygens (including phenoxy) is 1. The molecular formula is C16H24IN5O. The summed E-state index contributed by atoms with van der Waals surface area (Å²) in [5, 5.41) is 13.4. The van der Waals surface area contributed by atoms with Crippen LogP contribution in [0.3, 0.4) is 0 Å². The van der Waals surface area contributed by atoms with Gasteiger partial charge in [-0.25, -0.2) is 0 Å². The van der Waals surface area contributed by atoms with E-state index >= 15 is 0 Å². The largest absolute Gasteiger partial charge is 0.496 e. The van der Waals surface area contributed by atoms with Crippen LogP contribution in [0.1, 0.15) is 16.8 Å². The number of benzene rings is 1. The van der Waals surface area contributed by atoms with Crippen molar-refractivity contribution in [1.82, 2.24) is 20.8 Å². The van der Waals surface area contributed by atoms with Gasteiger partial charge >= 0.3 is 0 Å². The second-order valence-electron chi connectivity index (χ2n) is 4.99. The van der Waals surface area contributed by atoms with Crippen molar-refractivity contribution in [3.8, 4) is 5.75 Å². The van der Waals surface area contributed by atoms with Crippen molar-refractivity contribution in [2.75, 3.05) is 20.7 Å². The summed E-state index contributed by atoms with van der Waals surface area (Å²) in [6.07, 6.45) is 2.64. The molecule has 6 nitrogen and oxygen atoms in total. The van der Waals surface area contributed by atoms with E-state index in [9.17, 15) is 0 Å². The van der Waals surface area contributed by atoms with Gasteiger partial charge in [0, 0.05) is 19.8 Å². The Morgan fingerprint density at radius 1 is 1.30 bits per heavy atom. The molecule has 0 saturated carbocycles. The van der Waals surface area contributed by atoms with Gasteiger partial charge in [0.25, 0.3) is 0 Å². The summed E-state index contributed by atoms with van der Waals surface area (Å²) in [7, 11) is 3.46. The SMILES string of the molecule is CN=C(NCCc1ccc(C)c(OC)c1)NCc1ccn[nH]1.I. The zero-order valence-electron chi connectivity index (χ0n) is 13.7. The molecule has 0 unspecified atom stereocenters. The number of halogens is 1. The van der Waals surface area contributed by atoms with E-state index in [0.29, 0.717) is 6.54 Å². The zero-order valence-corrected chi connectivity index (χ0v) is 16.0. The number of rotatable bonds is 6. The maximum Gasteiger partial charge on any atom is 0.191 e. The maximum absolute atomic E-state index is 5.35. The Hall–Kier alpha value is -1.77. The number of nitrogens with one attached hydrogen (secondary N) is 3. The van der Waals surface area contributed by atoms with Crippen molar-refractivity contribution in [2.45, 2.75) is 19.9 Å². The molecule has 1 aromatic carbocycles. The monoisotopic (exact) mass is 429 g/mol. The Bertz CT molecular complexity index is 613. The number of methoxy groups -OCH3 is 1. The highest BCUT2D eigenvalue weighted by Crippen LogP contribution is 2.18. The van der Waals surface area contributed by atoms with Gasteiger partial charge in [-0.1, -0.05) is 12.1 Å². The minimum absolute atomic E-state index is 0. The summed E-state index contributed by atoms with van der Waals surface area (Å²) in [5.41, 5.74) is 3.40. The molecule has 0 fully saturated rings. The molecule has 0 radical (unpaired) electrons. The van der Waals surface area contributed by atoms with E-state index in [4.69, 9.17) is 4.74 Å². The second kappa shape index (κ2) is 10.1. The molecule has 23 heavy (non-hydrogen) atoms. The molecule has 0 spiro atoms. The number of H-pyrrole nitrogens is 1. The van der Waals surface area contributed by atoms with Gasteiger partial charge in [-0.05, 0) is 36.6 Å². The van der Waals surface area contributed by atoms with Crippen LogP contribution in [0.2, 0.25) is 0 Å². The van der Waals surface area contributed by atoms with E-state index in [1.165, 1.54) is 5.56 Å². The highest BCUT2D eigenvalue weighted by Gasteiger charge is 2.02. The van der Waals surface area contributed by atoms with Crippen LogP contribution in [0.4, 0.5) is 0 Å². The van der Waals surface area contributed by atoms with Gasteiger partial charge in [0.05, 0.1) is 19.3 Å². The predicted octanol–water partition coefficient (Wildman–Crippen LogP) is 2.25. The van der Waals surface area contributed by atoms with Gasteiger partial charge in [0.15, 0.2) is 5.96 Å². The first-order valence-electron chi connectivity index (χ1n) is 7.29. The van der Waals surface area contributed by atoms with Gasteiger partial charge in [0.1, 0.15) is 5.75 Å². The number of hydrogen-bond donors (Lipinski definition) is 3. The summed E-state index contributed by atoms with van der Waals surface area (Å²) >= 11 is 0. The molecule has 0 amide bonds. The number of nitrogens with zero attached hydrogens (tertiary/aromatic N) is 2. The summed E-state index contributed by atoms with van der Waals surface area (Å²) in [6, 6.07) is 8.22. The van der Waals surface area contributed by atoms with E-state index in [1.807, 2.05) is 13.0 Å². The van der Waals surface area contributed by atoms with Crippen molar-refractivity contribution < 1.29 is 4.74 Å². The van der Waals surface area contributed by atoms with Crippen LogP contribution in [0.15, 0.2) is 35.5 Å². The molecule has 0 atom stereocenters. The van der Waals surface area contributed by atoms with Crippen molar-refractivity contribution >= 4 is 29.9 Å².